The van der Waals surface area contributed by atoms with Crippen molar-refractivity contribution < 1.29 is 4.65 Å². The van der Waals surface area contributed by atoms with Crippen LogP contribution in [0, 0.1) is 0 Å². The maximum Gasteiger partial charge on any atom is 0.324 e. The molecule has 100 valence electrons. The first-order chi connectivity index (χ1) is 9.63. The van der Waals surface area contributed by atoms with Gasteiger partial charge in [0.05, 0.1) is 16.7 Å². The number of fused-ring (bicyclic) bond motifs is 1. The van der Waals surface area contributed by atoms with Gasteiger partial charge in [-0.25, -0.2) is 0 Å². The van der Waals surface area contributed by atoms with Gasteiger partial charge in [0.2, 0.25) is 0 Å². The molecule has 0 spiro atoms. The first-order valence-electron chi connectivity index (χ1n) is 6.51. The minimum absolute atomic E-state index is 0.207. The van der Waals surface area contributed by atoms with Crippen LogP contribution in [-0.4, -0.2) is 6.92 Å². The molecule has 1 aliphatic heterocycles. The highest BCUT2D eigenvalue weighted by atomic mass is 35.5. The van der Waals surface area contributed by atoms with E-state index in [-0.39, 0.29) is 6.92 Å². The standard InChI is InChI=1S/C16H13BCl2O/c1-17-14-6-4-11(8-13(14)10-20-17)2-3-12-5-7-15(18)16(19)9-12/h2-9H,10H2,1H3/b3-2+. The minimum Gasteiger partial charge on any atom is -0.427 e. The quantitative estimate of drug-likeness (QED) is 0.585. The highest BCUT2D eigenvalue weighted by molar-refractivity contribution is 6.67. The maximum atomic E-state index is 6.01. The Labute approximate surface area is 129 Å². The van der Waals surface area contributed by atoms with Crippen LogP contribution < -0.4 is 5.46 Å². The second-order valence-electron chi connectivity index (χ2n) is 4.92. The lowest BCUT2D eigenvalue weighted by Gasteiger charge is -2.01. The molecule has 0 fully saturated rings. The van der Waals surface area contributed by atoms with Gasteiger partial charge in [0.25, 0.3) is 0 Å². The van der Waals surface area contributed by atoms with E-state index in [4.69, 9.17) is 27.9 Å². The van der Waals surface area contributed by atoms with E-state index in [0.717, 1.165) is 11.1 Å². The van der Waals surface area contributed by atoms with Crippen LogP contribution in [0.3, 0.4) is 0 Å². The molecule has 2 aromatic rings. The normalized spacial score (nSPS) is 14.1. The summed E-state index contributed by atoms with van der Waals surface area (Å²) in [5, 5.41) is 1.15. The van der Waals surface area contributed by atoms with Crippen molar-refractivity contribution in [3.63, 3.8) is 0 Å². The molecule has 1 aliphatic rings. The van der Waals surface area contributed by atoms with Crippen molar-refractivity contribution in [2.75, 3.05) is 0 Å². The summed E-state index contributed by atoms with van der Waals surface area (Å²) >= 11 is 11.9. The van der Waals surface area contributed by atoms with E-state index in [1.165, 1.54) is 11.0 Å². The van der Waals surface area contributed by atoms with Gasteiger partial charge in [0, 0.05) is 0 Å². The molecule has 0 aliphatic carbocycles. The average molecular weight is 303 g/mol. The number of hydrogen-bond acceptors (Lipinski definition) is 1. The fourth-order valence-electron chi connectivity index (χ4n) is 2.36. The molecule has 0 saturated carbocycles. The summed E-state index contributed by atoms with van der Waals surface area (Å²) in [6, 6.07) is 12.0. The Bertz CT molecular complexity index is 682. The second-order valence-corrected chi connectivity index (χ2v) is 5.73. The molecule has 0 atom stereocenters. The summed E-state index contributed by atoms with van der Waals surface area (Å²) in [6.45, 7) is 2.99. The molecule has 3 rings (SSSR count). The average Bonchev–Trinajstić information content (AvgIpc) is 2.81. The van der Waals surface area contributed by atoms with E-state index in [1.807, 2.05) is 24.3 Å². The zero-order chi connectivity index (χ0) is 14.1. The molecule has 1 nitrogen and oxygen atoms in total. The van der Waals surface area contributed by atoms with Crippen LogP contribution in [0.25, 0.3) is 12.2 Å². The van der Waals surface area contributed by atoms with E-state index in [1.54, 1.807) is 0 Å². The lowest BCUT2D eigenvalue weighted by Crippen LogP contribution is -2.23. The molecular formula is C16H13BCl2O. The number of halogens is 2. The molecule has 1 heterocycles. The van der Waals surface area contributed by atoms with Crippen molar-refractivity contribution in [2.24, 2.45) is 0 Å². The predicted octanol–water partition coefficient (Wildman–Crippen LogP) is 4.52. The molecule has 20 heavy (non-hydrogen) atoms. The van der Waals surface area contributed by atoms with E-state index in [2.05, 4.69) is 31.1 Å². The van der Waals surface area contributed by atoms with Crippen LogP contribution >= 0.6 is 23.2 Å². The zero-order valence-corrected chi connectivity index (χ0v) is 12.6. The molecule has 0 amide bonds. The van der Waals surface area contributed by atoms with Crippen molar-refractivity contribution in [3.05, 3.63) is 63.1 Å². The molecule has 0 unspecified atom stereocenters. The van der Waals surface area contributed by atoms with E-state index >= 15 is 0 Å². The van der Waals surface area contributed by atoms with Crippen LogP contribution in [0.1, 0.15) is 16.7 Å². The van der Waals surface area contributed by atoms with Crippen LogP contribution in [0.5, 0.6) is 0 Å². The van der Waals surface area contributed by atoms with Gasteiger partial charge in [0.1, 0.15) is 0 Å². The monoisotopic (exact) mass is 302 g/mol. The van der Waals surface area contributed by atoms with Crippen LogP contribution in [-0.2, 0) is 11.3 Å². The van der Waals surface area contributed by atoms with Crippen molar-refractivity contribution in [3.8, 4) is 0 Å². The maximum absolute atomic E-state index is 6.01. The van der Waals surface area contributed by atoms with Crippen molar-refractivity contribution in [2.45, 2.75) is 13.4 Å². The smallest absolute Gasteiger partial charge is 0.324 e. The summed E-state index contributed by atoms with van der Waals surface area (Å²) < 4.78 is 5.61. The summed E-state index contributed by atoms with van der Waals surface area (Å²) in [4.78, 5) is 0. The van der Waals surface area contributed by atoms with Crippen molar-refractivity contribution in [1.29, 1.82) is 0 Å². The number of rotatable bonds is 2. The zero-order valence-electron chi connectivity index (χ0n) is 11.1. The summed E-state index contributed by atoms with van der Waals surface area (Å²) in [5.74, 6) is 0. The third-order valence-corrected chi connectivity index (χ3v) is 4.24. The van der Waals surface area contributed by atoms with Gasteiger partial charge in [0.15, 0.2) is 0 Å². The Kier molecular flexibility index (Phi) is 3.88. The summed E-state index contributed by atoms with van der Waals surface area (Å²) in [6.07, 6.45) is 4.10. The first-order valence-corrected chi connectivity index (χ1v) is 7.26. The second kappa shape index (κ2) is 5.65. The van der Waals surface area contributed by atoms with E-state index < -0.39 is 0 Å². The molecule has 0 radical (unpaired) electrons. The highest BCUT2D eigenvalue weighted by Gasteiger charge is 2.22. The van der Waals surface area contributed by atoms with Crippen molar-refractivity contribution in [1.82, 2.24) is 0 Å². The van der Waals surface area contributed by atoms with Crippen LogP contribution in [0.4, 0.5) is 0 Å². The van der Waals surface area contributed by atoms with Gasteiger partial charge in [-0.1, -0.05) is 60.4 Å². The van der Waals surface area contributed by atoms with Crippen LogP contribution in [0.15, 0.2) is 36.4 Å². The molecule has 2 aromatic carbocycles. The fourth-order valence-corrected chi connectivity index (χ4v) is 2.67. The highest BCUT2D eigenvalue weighted by Crippen LogP contribution is 2.23. The largest absolute Gasteiger partial charge is 0.427 e. The Morgan fingerprint density at radius 2 is 1.70 bits per heavy atom. The Morgan fingerprint density at radius 3 is 2.45 bits per heavy atom. The SMILES string of the molecule is CB1OCc2cc(/C=C/c3ccc(Cl)c(Cl)c3)ccc21. The number of hydrogen-bond donors (Lipinski definition) is 0. The first kappa shape index (κ1) is 13.8. The predicted molar refractivity (Wildman–Crippen MR) is 87.9 cm³/mol. The van der Waals surface area contributed by atoms with Gasteiger partial charge in [-0.15, -0.1) is 0 Å². The Morgan fingerprint density at radius 1 is 1.00 bits per heavy atom. The summed E-state index contributed by atoms with van der Waals surface area (Å²) in [5.41, 5.74) is 4.75. The lowest BCUT2D eigenvalue weighted by molar-refractivity contribution is 0.333. The van der Waals surface area contributed by atoms with Crippen molar-refractivity contribution >= 4 is 47.7 Å². The van der Waals surface area contributed by atoms with E-state index in [9.17, 15) is 0 Å². The number of benzene rings is 2. The molecule has 0 aromatic heterocycles. The third-order valence-electron chi connectivity index (χ3n) is 3.51. The van der Waals surface area contributed by atoms with E-state index in [0.29, 0.717) is 16.7 Å². The van der Waals surface area contributed by atoms with Gasteiger partial charge in [-0.05, 0) is 40.4 Å². The third kappa shape index (κ3) is 2.78. The summed E-state index contributed by atoms with van der Waals surface area (Å²) in [7, 11) is 0. The molecular weight excluding hydrogens is 290 g/mol. The molecule has 4 heteroatoms. The Hall–Kier alpha value is -1.22. The van der Waals surface area contributed by atoms with Gasteiger partial charge < -0.3 is 4.65 Å². The molecule has 0 N–H and O–H groups in total. The minimum atomic E-state index is 0.207. The van der Waals surface area contributed by atoms with Gasteiger partial charge >= 0.3 is 6.92 Å². The fraction of sp³-hybridized carbons (Fsp3) is 0.125. The molecule has 0 bridgehead atoms. The topological polar surface area (TPSA) is 9.23 Å². The lowest BCUT2D eigenvalue weighted by atomic mass is 9.64. The molecule has 0 saturated heterocycles. The van der Waals surface area contributed by atoms with Gasteiger partial charge in [-0.2, -0.15) is 0 Å². The van der Waals surface area contributed by atoms with Crippen LogP contribution in [0.2, 0.25) is 16.9 Å². The van der Waals surface area contributed by atoms with Gasteiger partial charge in [-0.3, -0.25) is 0 Å². The Balaban J connectivity index is 1.84.